The number of hydrogen-bond acceptors (Lipinski definition) is 4. The summed E-state index contributed by atoms with van der Waals surface area (Å²) in [5, 5.41) is 7.38. The van der Waals surface area contributed by atoms with Gasteiger partial charge in [0.25, 0.3) is 5.91 Å². The molecule has 0 aliphatic carbocycles. The Morgan fingerprint density at radius 1 is 1.40 bits per heavy atom. The molecule has 0 atom stereocenters. The molecular weight excluding hydrogens is 358 g/mol. The van der Waals surface area contributed by atoms with Gasteiger partial charge in [-0.05, 0) is 34.8 Å². The molecule has 20 heavy (non-hydrogen) atoms. The van der Waals surface area contributed by atoms with Crippen LogP contribution in [0, 0.1) is 0 Å². The van der Waals surface area contributed by atoms with Gasteiger partial charge in [0.2, 0.25) is 0 Å². The SMILES string of the molecule is O=C(c1[nH]nc2c1CSc1sc(Br)cc1-2)N1CCCC1. The van der Waals surface area contributed by atoms with Gasteiger partial charge in [-0.15, -0.1) is 23.1 Å². The van der Waals surface area contributed by atoms with E-state index in [2.05, 4.69) is 32.2 Å². The first kappa shape index (κ1) is 12.9. The van der Waals surface area contributed by atoms with Crippen molar-refractivity contribution in [2.24, 2.45) is 0 Å². The van der Waals surface area contributed by atoms with Crippen LogP contribution in [-0.4, -0.2) is 34.1 Å². The number of halogens is 1. The zero-order valence-electron chi connectivity index (χ0n) is 10.6. The van der Waals surface area contributed by atoms with Gasteiger partial charge in [0.1, 0.15) is 5.69 Å². The maximum atomic E-state index is 12.5. The second-order valence-electron chi connectivity index (χ2n) is 4.97. The molecule has 2 aromatic rings. The smallest absolute Gasteiger partial charge is 0.272 e. The van der Waals surface area contributed by atoms with E-state index in [4.69, 9.17) is 0 Å². The van der Waals surface area contributed by atoms with Gasteiger partial charge in [0.15, 0.2) is 0 Å². The molecule has 4 nitrogen and oxygen atoms in total. The molecule has 1 saturated heterocycles. The highest BCUT2D eigenvalue weighted by Gasteiger charge is 2.30. The molecule has 2 aliphatic rings. The van der Waals surface area contributed by atoms with Crippen molar-refractivity contribution in [3.63, 3.8) is 0 Å². The van der Waals surface area contributed by atoms with E-state index in [1.54, 1.807) is 23.1 Å². The maximum Gasteiger partial charge on any atom is 0.272 e. The third kappa shape index (κ3) is 1.95. The van der Waals surface area contributed by atoms with Crippen molar-refractivity contribution in [2.45, 2.75) is 22.8 Å². The number of likely N-dealkylation sites (tertiary alicyclic amines) is 1. The number of thiophene rings is 1. The number of carbonyl (C=O) groups excluding carboxylic acids is 1. The Kier molecular flexibility index (Phi) is 3.16. The lowest BCUT2D eigenvalue weighted by Gasteiger charge is -2.16. The first-order valence-electron chi connectivity index (χ1n) is 6.53. The van der Waals surface area contributed by atoms with E-state index in [-0.39, 0.29) is 5.91 Å². The fourth-order valence-electron chi connectivity index (χ4n) is 2.74. The Labute approximate surface area is 133 Å². The molecule has 0 aromatic carbocycles. The van der Waals surface area contributed by atoms with E-state index in [9.17, 15) is 4.79 Å². The summed E-state index contributed by atoms with van der Waals surface area (Å²) in [4.78, 5) is 14.5. The van der Waals surface area contributed by atoms with Crippen molar-refractivity contribution < 1.29 is 4.79 Å². The number of aromatic amines is 1. The molecule has 1 amide bonds. The van der Waals surface area contributed by atoms with Crippen LogP contribution in [0.25, 0.3) is 11.3 Å². The molecule has 1 N–H and O–H groups in total. The minimum absolute atomic E-state index is 0.106. The lowest BCUT2D eigenvalue weighted by Crippen LogP contribution is -2.28. The van der Waals surface area contributed by atoms with Crippen molar-refractivity contribution in [1.82, 2.24) is 15.1 Å². The van der Waals surface area contributed by atoms with Gasteiger partial charge < -0.3 is 4.90 Å². The standard InChI is InChI=1S/C13H12BrN3OS2/c14-9-5-7-10-8(6-19-13(7)20-9)11(16-15-10)12(18)17-3-1-2-4-17/h5H,1-4,6H2,(H,15,16). The highest BCUT2D eigenvalue weighted by molar-refractivity contribution is 9.11. The van der Waals surface area contributed by atoms with E-state index in [0.29, 0.717) is 5.69 Å². The first-order valence-corrected chi connectivity index (χ1v) is 9.12. The highest BCUT2D eigenvalue weighted by Crippen LogP contribution is 2.47. The molecule has 4 heterocycles. The van der Waals surface area contributed by atoms with Gasteiger partial charge in [-0.25, -0.2) is 0 Å². The van der Waals surface area contributed by atoms with Gasteiger partial charge in [0, 0.05) is 30.0 Å². The maximum absolute atomic E-state index is 12.5. The van der Waals surface area contributed by atoms with Gasteiger partial charge in [-0.2, -0.15) is 5.10 Å². The summed E-state index contributed by atoms with van der Waals surface area (Å²) in [6, 6.07) is 2.09. The number of hydrogen-bond donors (Lipinski definition) is 1. The number of amides is 1. The lowest BCUT2D eigenvalue weighted by molar-refractivity contribution is 0.0786. The van der Waals surface area contributed by atoms with E-state index >= 15 is 0 Å². The second kappa shape index (κ2) is 4.89. The van der Waals surface area contributed by atoms with Gasteiger partial charge in [-0.1, -0.05) is 0 Å². The molecule has 7 heteroatoms. The minimum Gasteiger partial charge on any atom is -0.337 e. The van der Waals surface area contributed by atoms with Crippen LogP contribution in [0.3, 0.4) is 0 Å². The predicted octanol–water partition coefficient (Wildman–Crippen LogP) is 3.74. The lowest BCUT2D eigenvalue weighted by atomic mass is 10.1. The molecule has 4 rings (SSSR count). The summed E-state index contributed by atoms with van der Waals surface area (Å²) in [6.07, 6.45) is 2.22. The summed E-state index contributed by atoms with van der Waals surface area (Å²) in [7, 11) is 0. The summed E-state index contributed by atoms with van der Waals surface area (Å²) >= 11 is 7.04. The number of carbonyl (C=O) groups is 1. The fraction of sp³-hybridized carbons (Fsp3) is 0.385. The molecule has 2 aromatic heterocycles. The number of H-pyrrole nitrogens is 1. The molecule has 0 spiro atoms. The molecule has 0 radical (unpaired) electrons. The molecule has 0 bridgehead atoms. The van der Waals surface area contributed by atoms with Crippen molar-refractivity contribution in [3.8, 4) is 11.3 Å². The quantitative estimate of drug-likeness (QED) is 0.832. The van der Waals surface area contributed by atoms with Crippen molar-refractivity contribution in [2.75, 3.05) is 13.1 Å². The van der Waals surface area contributed by atoms with Crippen LogP contribution < -0.4 is 0 Å². The predicted molar refractivity (Wildman–Crippen MR) is 84.3 cm³/mol. The number of aromatic nitrogens is 2. The molecular formula is C13H12BrN3OS2. The average molecular weight is 370 g/mol. The van der Waals surface area contributed by atoms with E-state index in [0.717, 1.165) is 52.3 Å². The minimum atomic E-state index is 0.106. The van der Waals surface area contributed by atoms with Crippen LogP contribution >= 0.6 is 39.0 Å². The molecule has 104 valence electrons. The Hall–Kier alpha value is -0.790. The van der Waals surface area contributed by atoms with Crippen LogP contribution in [0.2, 0.25) is 0 Å². The van der Waals surface area contributed by atoms with Crippen LogP contribution in [0.15, 0.2) is 14.1 Å². The fourth-order valence-corrected chi connectivity index (χ4v) is 5.94. The summed E-state index contributed by atoms with van der Waals surface area (Å²) < 4.78 is 2.38. The van der Waals surface area contributed by atoms with Crippen LogP contribution in [0.5, 0.6) is 0 Å². The Morgan fingerprint density at radius 3 is 3.00 bits per heavy atom. The highest BCUT2D eigenvalue weighted by atomic mass is 79.9. The van der Waals surface area contributed by atoms with Crippen molar-refractivity contribution >= 4 is 44.9 Å². The molecule has 0 saturated carbocycles. The summed E-state index contributed by atoms with van der Waals surface area (Å²) in [5.41, 5.74) is 3.83. The van der Waals surface area contributed by atoms with Crippen molar-refractivity contribution in [1.29, 1.82) is 0 Å². The number of thioether (sulfide) groups is 1. The molecule has 1 fully saturated rings. The Morgan fingerprint density at radius 2 is 2.20 bits per heavy atom. The van der Waals surface area contributed by atoms with Crippen LogP contribution in [0.4, 0.5) is 0 Å². The number of rotatable bonds is 1. The van der Waals surface area contributed by atoms with Crippen LogP contribution in [-0.2, 0) is 5.75 Å². The Balaban J connectivity index is 1.75. The zero-order chi connectivity index (χ0) is 13.7. The molecule has 0 unspecified atom stereocenters. The van der Waals surface area contributed by atoms with Gasteiger partial charge in [0.05, 0.1) is 13.7 Å². The number of fused-ring (bicyclic) bond motifs is 3. The van der Waals surface area contributed by atoms with E-state index < -0.39 is 0 Å². The third-order valence-electron chi connectivity index (χ3n) is 3.74. The van der Waals surface area contributed by atoms with Gasteiger partial charge >= 0.3 is 0 Å². The number of nitrogens with one attached hydrogen (secondary N) is 1. The summed E-state index contributed by atoms with van der Waals surface area (Å²) in [5.74, 6) is 0.926. The monoisotopic (exact) mass is 369 g/mol. The van der Waals surface area contributed by atoms with E-state index in [1.165, 1.54) is 4.21 Å². The zero-order valence-corrected chi connectivity index (χ0v) is 13.8. The number of nitrogens with zero attached hydrogens (tertiary/aromatic N) is 2. The average Bonchev–Trinajstić information content (AvgIpc) is 3.15. The van der Waals surface area contributed by atoms with Gasteiger partial charge in [-0.3, -0.25) is 9.89 Å². The second-order valence-corrected chi connectivity index (χ2v) is 8.64. The van der Waals surface area contributed by atoms with E-state index in [1.807, 2.05) is 4.90 Å². The molecule has 2 aliphatic heterocycles. The van der Waals surface area contributed by atoms with Crippen molar-refractivity contribution in [3.05, 3.63) is 21.1 Å². The largest absolute Gasteiger partial charge is 0.337 e. The summed E-state index contributed by atoms with van der Waals surface area (Å²) in [6.45, 7) is 1.74. The Bertz CT molecular complexity index is 688. The first-order chi connectivity index (χ1) is 9.74. The van der Waals surface area contributed by atoms with Crippen LogP contribution in [0.1, 0.15) is 28.9 Å². The third-order valence-corrected chi connectivity index (χ3v) is 6.70. The normalized spacial score (nSPS) is 17.1. The topological polar surface area (TPSA) is 49.0 Å².